The van der Waals surface area contributed by atoms with Crippen molar-refractivity contribution < 1.29 is 13.9 Å². The number of nitriles is 1. The van der Waals surface area contributed by atoms with Crippen LogP contribution in [0, 0.1) is 11.3 Å². The Morgan fingerprint density at radius 3 is 2.87 bits per heavy atom. The van der Waals surface area contributed by atoms with Crippen LogP contribution in [-0.2, 0) is 16.1 Å². The molecule has 0 saturated carbocycles. The van der Waals surface area contributed by atoms with E-state index in [0.717, 1.165) is 30.9 Å². The lowest BCUT2D eigenvalue weighted by Crippen LogP contribution is -2.38. The van der Waals surface area contributed by atoms with Gasteiger partial charge in [-0.3, -0.25) is 9.69 Å². The highest BCUT2D eigenvalue weighted by Crippen LogP contribution is 2.20. The van der Waals surface area contributed by atoms with Crippen molar-refractivity contribution in [3.8, 4) is 11.8 Å². The number of carbonyl (C=O) groups is 1. The van der Waals surface area contributed by atoms with Crippen molar-refractivity contribution in [1.29, 1.82) is 5.26 Å². The van der Waals surface area contributed by atoms with Gasteiger partial charge in [-0.1, -0.05) is 18.2 Å². The lowest BCUT2D eigenvalue weighted by molar-refractivity contribution is -0.117. The van der Waals surface area contributed by atoms with Gasteiger partial charge in [-0.15, -0.1) is 0 Å². The van der Waals surface area contributed by atoms with Gasteiger partial charge in [0.1, 0.15) is 17.4 Å². The van der Waals surface area contributed by atoms with Gasteiger partial charge in [0.15, 0.2) is 5.82 Å². The number of hydrogen-bond donors (Lipinski definition) is 1. The molecule has 1 saturated heterocycles. The highest BCUT2D eigenvalue weighted by molar-refractivity contribution is 5.92. The van der Waals surface area contributed by atoms with E-state index in [-0.39, 0.29) is 18.6 Å². The van der Waals surface area contributed by atoms with Gasteiger partial charge in [0.25, 0.3) is 0 Å². The van der Waals surface area contributed by atoms with Gasteiger partial charge in [-0.05, 0) is 37.1 Å². The van der Waals surface area contributed by atoms with Crippen molar-refractivity contribution in [3.05, 3.63) is 66.2 Å². The zero-order valence-corrected chi connectivity index (χ0v) is 16.5. The minimum absolute atomic E-state index is 0.109. The largest absolute Gasteiger partial charge is 0.468 e. The third-order valence-electron chi connectivity index (χ3n) is 4.96. The van der Waals surface area contributed by atoms with Crippen molar-refractivity contribution in [2.24, 2.45) is 0 Å². The number of carbonyl (C=O) groups excluding carboxylic acids is 1. The molecule has 8 heteroatoms. The number of ether oxygens (including phenoxy) is 1. The van der Waals surface area contributed by atoms with Crippen LogP contribution in [0.15, 0.2) is 59.3 Å². The molecular formula is C22H23N5O3. The summed E-state index contributed by atoms with van der Waals surface area (Å²) in [6, 6.07) is 15.2. The molecule has 1 N–H and O–H groups in total. The third-order valence-corrected chi connectivity index (χ3v) is 4.96. The van der Waals surface area contributed by atoms with Gasteiger partial charge in [-0.2, -0.15) is 10.4 Å². The van der Waals surface area contributed by atoms with E-state index in [1.54, 1.807) is 10.9 Å². The van der Waals surface area contributed by atoms with E-state index in [9.17, 15) is 10.1 Å². The monoisotopic (exact) mass is 405 g/mol. The Hall–Kier alpha value is -3.41. The first-order chi connectivity index (χ1) is 14.7. The molecular weight excluding hydrogens is 382 g/mol. The van der Waals surface area contributed by atoms with Gasteiger partial charge >= 0.3 is 0 Å². The zero-order valence-electron chi connectivity index (χ0n) is 16.5. The Bertz CT molecular complexity index is 1000. The summed E-state index contributed by atoms with van der Waals surface area (Å²) in [6.45, 7) is 2.04. The average molecular weight is 405 g/mol. The van der Waals surface area contributed by atoms with E-state index in [0.29, 0.717) is 24.5 Å². The van der Waals surface area contributed by atoms with Crippen molar-refractivity contribution >= 4 is 11.7 Å². The summed E-state index contributed by atoms with van der Waals surface area (Å²) in [6.07, 6.45) is 5.20. The van der Waals surface area contributed by atoms with E-state index in [4.69, 9.17) is 9.15 Å². The van der Waals surface area contributed by atoms with E-state index < -0.39 is 0 Å². The number of hydrogen-bond acceptors (Lipinski definition) is 6. The SMILES string of the molecule is N#Cc1cnn(-c2ccccc2)c1NC(=O)CN(Cc1ccco1)CC1CCCO1. The van der Waals surface area contributed by atoms with Crippen molar-refractivity contribution in [2.75, 3.05) is 25.0 Å². The fraction of sp³-hybridized carbons (Fsp3) is 0.318. The molecule has 0 bridgehead atoms. The third kappa shape index (κ3) is 4.76. The maximum atomic E-state index is 12.9. The molecule has 4 rings (SSSR count). The molecule has 1 aliphatic rings. The maximum Gasteiger partial charge on any atom is 0.239 e. The summed E-state index contributed by atoms with van der Waals surface area (Å²) in [4.78, 5) is 14.9. The highest BCUT2D eigenvalue weighted by Gasteiger charge is 2.23. The minimum Gasteiger partial charge on any atom is -0.468 e. The molecule has 8 nitrogen and oxygen atoms in total. The standard InChI is InChI=1S/C22H23N5O3/c23-12-17-13-24-27(18-6-2-1-3-7-18)22(17)25-21(28)16-26(14-19-8-4-10-29-19)15-20-9-5-11-30-20/h1-4,6-8,10,13,20H,5,9,11,14-16H2,(H,25,28). The van der Waals surface area contributed by atoms with Crippen molar-refractivity contribution in [2.45, 2.75) is 25.5 Å². The molecule has 30 heavy (non-hydrogen) atoms. The average Bonchev–Trinajstić information content (AvgIpc) is 3.51. The predicted octanol–water partition coefficient (Wildman–Crippen LogP) is 2.96. The van der Waals surface area contributed by atoms with E-state index in [1.807, 2.05) is 47.4 Å². The summed E-state index contributed by atoms with van der Waals surface area (Å²) in [5, 5.41) is 16.6. The summed E-state index contributed by atoms with van der Waals surface area (Å²) in [5.41, 5.74) is 1.07. The molecule has 0 radical (unpaired) electrons. The summed E-state index contributed by atoms with van der Waals surface area (Å²) >= 11 is 0. The predicted molar refractivity (Wildman–Crippen MR) is 110 cm³/mol. The Morgan fingerprint density at radius 1 is 1.30 bits per heavy atom. The first kappa shape index (κ1) is 19.9. The molecule has 1 atom stereocenters. The first-order valence-corrected chi connectivity index (χ1v) is 9.92. The number of benzene rings is 1. The van der Waals surface area contributed by atoms with Gasteiger partial charge in [0, 0.05) is 13.2 Å². The zero-order chi connectivity index (χ0) is 20.8. The van der Waals surface area contributed by atoms with Crippen LogP contribution >= 0.6 is 0 Å². The van der Waals surface area contributed by atoms with Crippen LogP contribution in [0.4, 0.5) is 5.82 Å². The fourth-order valence-electron chi connectivity index (χ4n) is 3.57. The Kier molecular flexibility index (Phi) is 6.23. The van der Waals surface area contributed by atoms with Crippen LogP contribution in [0.25, 0.3) is 5.69 Å². The number of amides is 1. The van der Waals surface area contributed by atoms with E-state index in [1.165, 1.54) is 6.20 Å². The maximum absolute atomic E-state index is 12.9. The molecule has 1 fully saturated rings. The number of nitrogens with one attached hydrogen (secondary N) is 1. The van der Waals surface area contributed by atoms with Gasteiger partial charge < -0.3 is 14.5 Å². The van der Waals surface area contributed by atoms with Crippen LogP contribution in [-0.4, -0.2) is 46.4 Å². The number of rotatable bonds is 8. The molecule has 3 heterocycles. The van der Waals surface area contributed by atoms with Gasteiger partial charge in [0.2, 0.25) is 5.91 Å². The molecule has 2 aromatic heterocycles. The van der Waals surface area contributed by atoms with Crippen molar-refractivity contribution in [3.63, 3.8) is 0 Å². The second-order valence-corrected chi connectivity index (χ2v) is 7.20. The second kappa shape index (κ2) is 9.39. The number of nitrogens with zero attached hydrogens (tertiary/aromatic N) is 4. The number of furan rings is 1. The molecule has 154 valence electrons. The molecule has 3 aromatic rings. The molecule has 0 aliphatic carbocycles. The Balaban J connectivity index is 1.49. The topological polar surface area (TPSA) is 96.3 Å². The molecule has 1 aromatic carbocycles. The second-order valence-electron chi connectivity index (χ2n) is 7.20. The highest BCUT2D eigenvalue weighted by atomic mass is 16.5. The minimum atomic E-state index is -0.228. The van der Waals surface area contributed by atoms with Crippen molar-refractivity contribution in [1.82, 2.24) is 14.7 Å². The fourth-order valence-corrected chi connectivity index (χ4v) is 3.57. The van der Waals surface area contributed by atoms with Crippen LogP contribution in [0.1, 0.15) is 24.2 Å². The van der Waals surface area contributed by atoms with Crippen LogP contribution in [0.2, 0.25) is 0 Å². The van der Waals surface area contributed by atoms with Crippen LogP contribution < -0.4 is 5.32 Å². The summed E-state index contributed by atoms with van der Waals surface area (Å²) in [7, 11) is 0. The molecule has 1 amide bonds. The lowest BCUT2D eigenvalue weighted by Gasteiger charge is -2.23. The molecule has 1 aliphatic heterocycles. The molecule has 0 spiro atoms. The first-order valence-electron chi connectivity index (χ1n) is 9.92. The number of para-hydroxylation sites is 1. The quantitative estimate of drug-likeness (QED) is 0.619. The molecule has 1 unspecified atom stereocenters. The van der Waals surface area contributed by atoms with Crippen LogP contribution in [0.3, 0.4) is 0 Å². The Morgan fingerprint density at radius 2 is 2.17 bits per heavy atom. The number of anilines is 1. The van der Waals surface area contributed by atoms with Gasteiger partial charge in [-0.25, -0.2) is 4.68 Å². The summed E-state index contributed by atoms with van der Waals surface area (Å²) < 4.78 is 12.8. The smallest absolute Gasteiger partial charge is 0.239 e. The summed E-state index contributed by atoms with van der Waals surface area (Å²) in [5.74, 6) is 0.922. The number of aromatic nitrogens is 2. The van der Waals surface area contributed by atoms with E-state index in [2.05, 4.69) is 16.5 Å². The van der Waals surface area contributed by atoms with Gasteiger partial charge in [0.05, 0.1) is 37.3 Å². The lowest BCUT2D eigenvalue weighted by atomic mass is 10.2. The van der Waals surface area contributed by atoms with E-state index >= 15 is 0 Å². The Labute approximate surface area is 174 Å². The van der Waals surface area contributed by atoms with Crippen LogP contribution in [0.5, 0.6) is 0 Å². The normalized spacial score (nSPS) is 15.9.